The minimum absolute atomic E-state index is 0.158. The van der Waals surface area contributed by atoms with Gasteiger partial charge in [0.2, 0.25) is 5.91 Å². The fourth-order valence-electron chi connectivity index (χ4n) is 4.95. The van der Waals surface area contributed by atoms with E-state index >= 15 is 0 Å². The summed E-state index contributed by atoms with van der Waals surface area (Å²) in [6.45, 7) is 20.6. The smallest absolute Gasteiger partial charge is 0.225 e. The lowest BCUT2D eigenvalue weighted by molar-refractivity contribution is -0.139. The summed E-state index contributed by atoms with van der Waals surface area (Å²) in [5.41, 5.74) is 9.57. The summed E-state index contributed by atoms with van der Waals surface area (Å²) in [4.78, 5) is 17.2. The summed E-state index contributed by atoms with van der Waals surface area (Å²) in [6, 6.07) is 7.07. The van der Waals surface area contributed by atoms with Gasteiger partial charge in [0.15, 0.2) is 0 Å². The van der Waals surface area contributed by atoms with Crippen molar-refractivity contribution in [3.8, 4) is 0 Å². The van der Waals surface area contributed by atoms with E-state index in [0.717, 1.165) is 44.9 Å². The number of primary amides is 1. The van der Waals surface area contributed by atoms with Crippen LogP contribution in [0.2, 0.25) is 0 Å². The molecule has 2 unspecified atom stereocenters. The molecule has 1 amide bonds. The van der Waals surface area contributed by atoms with E-state index in [-0.39, 0.29) is 11.9 Å². The third-order valence-electron chi connectivity index (χ3n) is 7.30. The molecule has 182 valence electrons. The highest BCUT2D eigenvalue weighted by atomic mass is 16.5. The molecule has 1 aromatic carbocycles. The molecule has 0 saturated carbocycles. The fraction of sp³-hybridized carbons (Fsp3) is 0.741. The van der Waals surface area contributed by atoms with Crippen molar-refractivity contribution in [2.45, 2.75) is 79.7 Å². The zero-order valence-corrected chi connectivity index (χ0v) is 21.6. The van der Waals surface area contributed by atoms with Gasteiger partial charge >= 0.3 is 0 Å². The van der Waals surface area contributed by atoms with Gasteiger partial charge in [-0.1, -0.05) is 40.7 Å². The molecule has 0 aromatic heterocycles. The Labute approximate surface area is 196 Å². The topological polar surface area (TPSA) is 58.8 Å². The first-order chi connectivity index (χ1) is 15.1. The van der Waals surface area contributed by atoms with Crippen molar-refractivity contribution in [3.05, 3.63) is 29.3 Å². The second kappa shape index (κ2) is 12.0. The van der Waals surface area contributed by atoms with Crippen LogP contribution in [0.1, 0.15) is 77.8 Å². The highest BCUT2D eigenvalue weighted by molar-refractivity contribution is 5.81. The van der Waals surface area contributed by atoms with Crippen LogP contribution in [0.5, 0.6) is 0 Å². The molecule has 2 aliphatic heterocycles. The molecule has 2 heterocycles. The standard InChI is InChI=1S/C23H37N3O2.C4H10/c1-5-17(2)21-7-6-20(16-18(21)3)26-12-10-25(11-13-26)19(4)23(22(24)27)8-14-28-15-9-23;1-4(2)3/h6-7,16-17,19H,5,8-15H2,1-4H3,(H2,24,27);4H,1-3H3. The Bertz CT molecular complexity index is 717. The van der Waals surface area contributed by atoms with E-state index in [1.165, 1.54) is 23.2 Å². The highest BCUT2D eigenvalue weighted by Gasteiger charge is 2.46. The number of hydrogen-bond acceptors (Lipinski definition) is 4. The maximum absolute atomic E-state index is 12.3. The van der Waals surface area contributed by atoms with Crippen LogP contribution in [0.4, 0.5) is 5.69 Å². The van der Waals surface area contributed by atoms with Gasteiger partial charge in [-0.3, -0.25) is 9.69 Å². The van der Waals surface area contributed by atoms with E-state index in [1.807, 2.05) is 0 Å². The molecule has 0 aliphatic carbocycles. The number of nitrogens with zero attached hydrogens (tertiary/aromatic N) is 2. The van der Waals surface area contributed by atoms with Gasteiger partial charge in [-0.05, 0) is 68.2 Å². The number of hydrogen-bond donors (Lipinski definition) is 1. The second-order valence-electron chi connectivity index (χ2n) is 10.4. The number of anilines is 1. The molecule has 3 rings (SSSR count). The molecular formula is C27H47N3O2. The Kier molecular flexibility index (Phi) is 10.0. The van der Waals surface area contributed by atoms with Gasteiger partial charge in [0, 0.05) is 51.1 Å². The van der Waals surface area contributed by atoms with Gasteiger partial charge in [-0.15, -0.1) is 0 Å². The van der Waals surface area contributed by atoms with E-state index in [2.05, 4.69) is 76.5 Å². The van der Waals surface area contributed by atoms with Crippen LogP contribution in [0.15, 0.2) is 18.2 Å². The van der Waals surface area contributed by atoms with E-state index in [1.54, 1.807) is 0 Å². The van der Waals surface area contributed by atoms with Crippen molar-refractivity contribution < 1.29 is 9.53 Å². The van der Waals surface area contributed by atoms with Crippen LogP contribution in [-0.2, 0) is 9.53 Å². The molecule has 2 N–H and O–H groups in total. The van der Waals surface area contributed by atoms with Gasteiger partial charge in [0.1, 0.15) is 0 Å². The Balaban J connectivity index is 0.000000837. The molecule has 2 atom stereocenters. The SMILES string of the molecule is CC(C)C.CCC(C)c1ccc(N2CCN(C(C)C3(C(N)=O)CCOCC3)CC2)cc1C. The molecule has 0 radical (unpaired) electrons. The normalized spacial score (nSPS) is 20.9. The minimum atomic E-state index is -0.449. The minimum Gasteiger partial charge on any atom is -0.381 e. The summed E-state index contributed by atoms with van der Waals surface area (Å²) < 4.78 is 5.50. The summed E-state index contributed by atoms with van der Waals surface area (Å²) in [7, 11) is 0. The summed E-state index contributed by atoms with van der Waals surface area (Å²) >= 11 is 0. The average molecular weight is 446 g/mol. The first-order valence-electron chi connectivity index (χ1n) is 12.6. The summed E-state index contributed by atoms with van der Waals surface area (Å²) in [5, 5.41) is 0. The molecule has 0 spiro atoms. The first-order valence-corrected chi connectivity index (χ1v) is 12.6. The van der Waals surface area contributed by atoms with Crippen molar-refractivity contribution in [2.75, 3.05) is 44.3 Å². The van der Waals surface area contributed by atoms with Crippen LogP contribution in [-0.4, -0.2) is 56.2 Å². The Morgan fingerprint density at radius 2 is 1.62 bits per heavy atom. The summed E-state index contributed by atoms with van der Waals surface area (Å²) in [6.07, 6.45) is 2.64. The average Bonchev–Trinajstić information content (AvgIpc) is 2.78. The van der Waals surface area contributed by atoms with E-state index in [4.69, 9.17) is 10.5 Å². The lowest BCUT2D eigenvalue weighted by Gasteiger charge is -2.47. The van der Waals surface area contributed by atoms with Crippen LogP contribution < -0.4 is 10.6 Å². The zero-order valence-electron chi connectivity index (χ0n) is 21.6. The van der Waals surface area contributed by atoms with E-state index < -0.39 is 5.41 Å². The largest absolute Gasteiger partial charge is 0.381 e. The quantitative estimate of drug-likeness (QED) is 0.672. The molecule has 5 nitrogen and oxygen atoms in total. The van der Waals surface area contributed by atoms with Crippen LogP contribution >= 0.6 is 0 Å². The molecule has 1 aromatic rings. The zero-order chi connectivity index (χ0) is 23.9. The Hall–Kier alpha value is -1.59. The predicted molar refractivity (Wildman–Crippen MR) is 135 cm³/mol. The van der Waals surface area contributed by atoms with Gasteiger partial charge in [0.25, 0.3) is 0 Å². The lowest BCUT2D eigenvalue weighted by atomic mass is 9.73. The monoisotopic (exact) mass is 445 g/mol. The van der Waals surface area contributed by atoms with Crippen LogP contribution in [0.25, 0.3) is 0 Å². The first kappa shape index (κ1) is 26.7. The lowest BCUT2D eigenvalue weighted by Crippen LogP contribution is -2.59. The Morgan fingerprint density at radius 1 is 1.06 bits per heavy atom. The second-order valence-corrected chi connectivity index (χ2v) is 10.4. The van der Waals surface area contributed by atoms with Crippen molar-refractivity contribution >= 4 is 11.6 Å². The van der Waals surface area contributed by atoms with Gasteiger partial charge in [-0.2, -0.15) is 0 Å². The number of ether oxygens (including phenoxy) is 1. The molecule has 5 heteroatoms. The number of rotatable bonds is 6. The number of carbonyl (C=O) groups excluding carboxylic acids is 1. The number of benzene rings is 1. The molecule has 0 bridgehead atoms. The molecule has 2 fully saturated rings. The Morgan fingerprint density at radius 3 is 2.09 bits per heavy atom. The van der Waals surface area contributed by atoms with Crippen LogP contribution in [0, 0.1) is 18.3 Å². The van der Waals surface area contributed by atoms with Gasteiger partial charge < -0.3 is 15.4 Å². The number of amides is 1. The van der Waals surface area contributed by atoms with E-state index in [9.17, 15) is 4.79 Å². The number of nitrogens with two attached hydrogens (primary N) is 1. The van der Waals surface area contributed by atoms with Crippen molar-refractivity contribution in [2.24, 2.45) is 17.1 Å². The molecule has 32 heavy (non-hydrogen) atoms. The number of carbonyl (C=O) groups is 1. The maximum Gasteiger partial charge on any atom is 0.225 e. The number of piperazine rings is 1. The third-order valence-corrected chi connectivity index (χ3v) is 7.30. The van der Waals surface area contributed by atoms with Gasteiger partial charge in [0.05, 0.1) is 5.41 Å². The van der Waals surface area contributed by atoms with Crippen molar-refractivity contribution in [1.29, 1.82) is 0 Å². The maximum atomic E-state index is 12.3. The van der Waals surface area contributed by atoms with Crippen molar-refractivity contribution in [3.63, 3.8) is 0 Å². The summed E-state index contributed by atoms with van der Waals surface area (Å²) in [5.74, 6) is 1.28. The third kappa shape index (κ3) is 6.48. The predicted octanol–water partition coefficient (Wildman–Crippen LogP) is 4.96. The van der Waals surface area contributed by atoms with E-state index in [0.29, 0.717) is 19.1 Å². The highest BCUT2D eigenvalue weighted by Crippen LogP contribution is 2.37. The van der Waals surface area contributed by atoms with Crippen LogP contribution in [0.3, 0.4) is 0 Å². The van der Waals surface area contributed by atoms with Crippen molar-refractivity contribution in [1.82, 2.24) is 4.90 Å². The number of aryl methyl sites for hydroxylation is 1. The molecule has 2 saturated heterocycles. The molecule has 2 aliphatic rings. The molecular weight excluding hydrogens is 398 g/mol. The fourth-order valence-corrected chi connectivity index (χ4v) is 4.95. The van der Waals surface area contributed by atoms with Gasteiger partial charge in [-0.25, -0.2) is 0 Å².